The summed E-state index contributed by atoms with van der Waals surface area (Å²) in [5.74, 6) is -1.89. The van der Waals surface area contributed by atoms with Crippen molar-refractivity contribution in [1.29, 1.82) is 0 Å². The highest BCUT2D eigenvalue weighted by atomic mass is 19.2. The minimum atomic E-state index is -0.940. The van der Waals surface area contributed by atoms with Gasteiger partial charge in [-0.3, -0.25) is 0 Å². The Labute approximate surface area is 111 Å². The van der Waals surface area contributed by atoms with Gasteiger partial charge in [0.15, 0.2) is 11.6 Å². The van der Waals surface area contributed by atoms with Gasteiger partial charge in [0, 0.05) is 19.1 Å². The first-order valence-corrected chi connectivity index (χ1v) is 6.57. The number of hydrogen-bond acceptors (Lipinski definition) is 3. The number of rotatable bonds is 6. The number of benzene rings is 1. The van der Waals surface area contributed by atoms with E-state index in [0.717, 1.165) is 18.9 Å². The number of hydrogen-bond donors (Lipinski definition) is 1. The van der Waals surface area contributed by atoms with E-state index < -0.39 is 11.6 Å². The molecule has 1 aromatic rings. The van der Waals surface area contributed by atoms with Gasteiger partial charge in [-0.15, -0.1) is 0 Å². The Bertz CT molecular complexity index is 428. The second-order valence-electron chi connectivity index (χ2n) is 4.67. The second-order valence-corrected chi connectivity index (χ2v) is 4.67. The van der Waals surface area contributed by atoms with Crippen molar-refractivity contribution in [2.45, 2.75) is 38.0 Å². The average molecular weight is 271 g/mol. The zero-order chi connectivity index (χ0) is 13.8. The van der Waals surface area contributed by atoms with Crippen molar-refractivity contribution in [3.05, 3.63) is 29.8 Å². The first-order chi connectivity index (χ1) is 9.17. The predicted octanol–water partition coefficient (Wildman–Crippen LogP) is 2.50. The molecule has 1 saturated carbocycles. The van der Waals surface area contributed by atoms with Crippen LogP contribution in [-0.2, 0) is 4.74 Å². The molecule has 5 heteroatoms. The van der Waals surface area contributed by atoms with Crippen LogP contribution in [0.4, 0.5) is 8.78 Å². The Morgan fingerprint density at radius 3 is 2.84 bits per heavy atom. The monoisotopic (exact) mass is 271 g/mol. The zero-order valence-corrected chi connectivity index (χ0v) is 11.2. The summed E-state index contributed by atoms with van der Waals surface area (Å²) < 4.78 is 37.8. The molecule has 1 aliphatic rings. The summed E-state index contributed by atoms with van der Waals surface area (Å²) in [7, 11) is 1.85. The third-order valence-corrected chi connectivity index (χ3v) is 3.33. The second kappa shape index (κ2) is 6.30. The molecular formula is C14H19F2NO2. The molecule has 1 N–H and O–H groups in total. The SMILES string of the molecule is CCCOC1C(NC)CC1Oc1cccc(F)c1F. The van der Waals surface area contributed by atoms with Gasteiger partial charge < -0.3 is 14.8 Å². The van der Waals surface area contributed by atoms with Gasteiger partial charge in [-0.25, -0.2) is 4.39 Å². The lowest BCUT2D eigenvalue weighted by molar-refractivity contribution is -0.107. The van der Waals surface area contributed by atoms with E-state index in [-0.39, 0.29) is 24.0 Å². The maximum absolute atomic E-state index is 13.5. The molecule has 3 atom stereocenters. The summed E-state index contributed by atoms with van der Waals surface area (Å²) in [6, 6.07) is 4.14. The van der Waals surface area contributed by atoms with Crippen LogP contribution in [0.1, 0.15) is 19.8 Å². The molecule has 0 aromatic heterocycles. The van der Waals surface area contributed by atoms with Crippen molar-refractivity contribution in [1.82, 2.24) is 5.32 Å². The van der Waals surface area contributed by atoms with E-state index in [1.807, 2.05) is 14.0 Å². The van der Waals surface area contributed by atoms with Gasteiger partial charge in [0.2, 0.25) is 5.82 Å². The van der Waals surface area contributed by atoms with E-state index in [9.17, 15) is 8.78 Å². The average Bonchev–Trinajstić information content (AvgIpc) is 2.39. The van der Waals surface area contributed by atoms with Gasteiger partial charge in [0.25, 0.3) is 0 Å². The first kappa shape index (κ1) is 14.2. The highest BCUT2D eigenvalue weighted by Crippen LogP contribution is 2.30. The molecular weight excluding hydrogens is 252 g/mol. The zero-order valence-electron chi connectivity index (χ0n) is 11.2. The van der Waals surface area contributed by atoms with Crippen LogP contribution in [0.25, 0.3) is 0 Å². The van der Waals surface area contributed by atoms with Crippen LogP contribution in [0.5, 0.6) is 5.75 Å². The number of likely N-dealkylation sites (N-methyl/N-ethyl adjacent to an activating group) is 1. The van der Waals surface area contributed by atoms with Crippen molar-refractivity contribution >= 4 is 0 Å². The van der Waals surface area contributed by atoms with E-state index in [0.29, 0.717) is 6.61 Å². The third-order valence-electron chi connectivity index (χ3n) is 3.33. The minimum Gasteiger partial charge on any atom is -0.484 e. The van der Waals surface area contributed by atoms with Crippen molar-refractivity contribution in [3.8, 4) is 5.75 Å². The van der Waals surface area contributed by atoms with Crippen molar-refractivity contribution in [2.24, 2.45) is 0 Å². The largest absolute Gasteiger partial charge is 0.484 e. The van der Waals surface area contributed by atoms with Gasteiger partial charge in [-0.2, -0.15) is 4.39 Å². The molecule has 1 aromatic carbocycles. The first-order valence-electron chi connectivity index (χ1n) is 6.57. The molecule has 3 unspecified atom stereocenters. The fraction of sp³-hybridized carbons (Fsp3) is 0.571. The quantitative estimate of drug-likeness (QED) is 0.862. The molecule has 1 aliphatic carbocycles. The Morgan fingerprint density at radius 1 is 1.37 bits per heavy atom. The molecule has 0 spiro atoms. The van der Waals surface area contributed by atoms with E-state index in [2.05, 4.69) is 5.32 Å². The topological polar surface area (TPSA) is 30.5 Å². The fourth-order valence-electron chi connectivity index (χ4n) is 2.19. The van der Waals surface area contributed by atoms with E-state index in [4.69, 9.17) is 9.47 Å². The van der Waals surface area contributed by atoms with Crippen LogP contribution in [0, 0.1) is 11.6 Å². The third kappa shape index (κ3) is 3.04. The van der Waals surface area contributed by atoms with Crippen LogP contribution in [0.15, 0.2) is 18.2 Å². The Kier molecular flexibility index (Phi) is 4.71. The summed E-state index contributed by atoms with van der Waals surface area (Å²) in [6.45, 7) is 2.66. The maximum Gasteiger partial charge on any atom is 0.200 e. The van der Waals surface area contributed by atoms with Crippen LogP contribution < -0.4 is 10.1 Å². The molecule has 0 radical (unpaired) electrons. The minimum absolute atomic E-state index is 0.0512. The molecule has 0 heterocycles. The van der Waals surface area contributed by atoms with Crippen LogP contribution in [0.2, 0.25) is 0 Å². The normalized spacial score (nSPS) is 26.0. The highest BCUT2D eigenvalue weighted by Gasteiger charge is 2.43. The van der Waals surface area contributed by atoms with Gasteiger partial charge >= 0.3 is 0 Å². The Balaban J connectivity index is 2.00. The maximum atomic E-state index is 13.5. The van der Waals surface area contributed by atoms with Crippen molar-refractivity contribution < 1.29 is 18.3 Å². The summed E-state index contributed by atoms with van der Waals surface area (Å²) in [5.41, 5.74) is 0. The molecule has 1 fully saturated rings. The van der Waals surface area contributed by atoms with Gasteiger partial charge in [-0.1, -0.05) is 13.0 Å². The molecule has 2 rings (SSSR count). The number of ether oxygens (including phenoxy) is 2. The smallest absolute Gasteiger partial charge is 0.200 e. The molecule has 0 amide bonds. The Hall–Kier alpha value is -1.20. The molecule has 3 nitrogen and oxygen atoms in total. The van der Waals surface area contributed by atoms with Crippen LogP contribution in [0.3, 0.4) is 0 Å². The molecule has 0 saturated heterocycles. The van der Waals surface area contributed by atoms with Crippen molar-refractivity contribution in [3.63, 3.8) is 0 Å². The Morgan fingerprint density at radius 2 is 2.16 bits per heavy atom. The van der Waals surface area contributed by atoms with Gasteiger partial charge in [0.05, 0.1) is 0 Å². The fourth-order valence-corrected chi connectivity index (χ4v) is 2.19. The predicted molar refractivity (Wildman–Crippen MR) is 68.3 cm³/mol. The van der Waals surface area contributed by atoms with Crippen LogP contribution >= 0.6 is 0 Å². The van der Waals surface area contributed by atoms with E-state index >= 15 is 0 Å². The van der Waals surface area contributed by atoms with Crippen molar-refractivity contribution in [2.75, 3.05) is 13.7 Å². The number of halogens is 2. The molecule has 0 bridgehead atoms. The van der Waals surface area contributed by atoms with E-state index in [1.54, 1.807) is 0 Å². The summed E-state index contributed by atoms with van der Waals surface area (Å²) in [6.07, 6.45) is 1.28. The standard InChI is InChI=1S/C14H19F2NO2/c1-3-7-18-14-10(17-2)8-12(14)19-11-6-4-5-9(15)13(11)16/h4-6,10,12,14,17H,3,7-8H2,1-2H3. The summed E-state index contributed by atoms with van der Waals surface area (Å²) in [4.78, 5) is 0. The van der Waals surface area contributed by atoms with Gasteiger partial charge in [0.1, 0.15) is 12.2 Å². The molecule has 19 heavy (non-hydrogen) atoms. The van der Waals surface area contributed by atoms with E-state index in [1.165, 1.54) is 12.1 Å². The highest BCUT2D eigenvalue weighted by molar-refractivity contribution is 5.26. The number of nitrogens with one attached hydrogen (secondary N) is 1. The molecule has 0 aliphatic heterocycles. The summed E-state index contributed by atoms with van der Waals surface area (Å²) >= 11 is 0. The lowest BCUT2D eigenvalue weighted by Gasteiger charge is -2.43. The summed E-state index contributed by atoms with van der Waals surface area (Å²) in [5, 5.41) is 3.13. The lowest BCUT2D eigenvalue weighted by atomic mass is 9.85. The van der Waals surface area contributed by atoms with Gasteiger partial charge in [-0.05, 0) is 25.6 Å². The van der Waals surface area contributed by atoms with Crippen LogP contribution in [-0.4, -0.2) is 31.9 Å². The molecule has 106 valence electrons. The lowest BCUT2D eigenvalue weighted by Crippen LogP contribution is -2.60.